The molecule has 0 aliphatic rings. The van der Waals surface area contributed by atoms with Crippen molar-refractivity contribution >= 4 is 29.3 Å². The maximum absolute atomic E-state index is 10.6. The highest BCUT2D eigenvalue weighted by Gasteiger charge is 2.12. The zero-order valence-corrected chi connectivity index (χ0v) is 11.4. The van der Waals surface area contributed by atoms with E-state index in [1.54, 1.807) is 18.2 Å². The van der Waals surface area contributed by atoms with Gasteiger partial charge in [0.1, 0.15) is 0 Å². The van der Waals surface area contributed by atoms with Gasteiger partial charge in [0.25, 0.3) is 0 Å². The van der Waals surface area contributed by atoms with E-state index in [0.29, 0.717) is 24.5 Å². The molecule has 0 saturated carbocycles. The fraction of sp³-hybridized carbons (Fsp3) is 0.286. The Balaban J connectivity index is 3.15. The standard InChI is InChI=1S/C14H15ClN2O2/c1-2-17(10-4-9-16)14-11(7-8-13(18)19)5-3-6-12(14)15/h3,5-8H,2,4,10H2,1H3,(H,18,19)/b8-7+. The molecule has 0 aromatic heterocycles. The molecule has 100 valence electrons. The molecule has 0 spiro atoms. The van der Waals surface area contributed by atoms with Crippen molar-refractivity contribution in [3.05, 3.63) is 34.9 Å². The molecule has 1 aromatic rings. The normalized spacial score (nSPS) is 10.4. The maximum Gasteiger partial charge on any atom is 0.328 e. The molecular formula is C14H15ClN2O2. The Morgan fingerprint density at radius 3 is 2.89 bits per heavy atom. The lowest BCUT2D eigenvalue weighted by molar-refractivity contribution is -0.131. The molecule has 0 aliphatic carbocycles. The molecule has 0 unspecified atom stereocenters. The summed E-state index contributed by atoms with van der Waals surface area (Å²) in [5, 5.41) is 17.9. The molecule has 1 N–H and O–H groups in total. The zero-order chi connectivity index (χ0) is 14.3. The van der Waals surface area contributed by atoms with Crippen LogP contribution in [0, 0.1) is 11.3 Å². The Labute approximate surface area is 117 Å². The second-order valence-corrected chi connectivity index (χ2v) is 4.24. The van der Waals surface area contributed by atoms with Gasteiger partial charge in [-0.2, -0.15) is 5.26 Å². The monoisotopic (exact) mass is 278 g/mol. The van der Waals surface area contributed by atoms with E-state index in [-0.39, 0.29) is 0 Å². The van der Waals surface area contributed by atoms with Gasteiger partial charge in [-0.1, -0.05) is 23.7 Å². The Kier molecular flexibility index (Phi) is 5.91. The molecule has 0 saturated heterocycles. The first kappa shape index (κ1) is 15.1. The van der Waals surface area contributed by atoms with Crippen molar-refractivity contribution in [3.8, 4) is 6.07 Å². The number of halogens is 1. The lowest BCUT2D eigenvalue weighted by Gasteiger charge is -2.25. The van der Waals surface area contributed by atoms with Crippen molar-refractivity contribution in [3.63, 3.8) is 0 Å². The minimum absolute atomic E-state index is 0.390. The number of benzene rings is 1. The highest BCUT2D eigenvalue weighted by molar-refractivity contribution is 6.33. The van der Waals surface area contributed by atoms with Gasteiger partial charge in [-0.05, 0) is 24.6 Å². The molecule has 0 amide bonds. The van der Waals surface area contributed by atoms with Gasteiger partial charge in [0, 0.05) is 19.2 Å². The minimum atomic E-state index is -1.01. The average Bonchev–Trinajstić information content (AvgIpc) is 2.39. The van der Waals surface area contributed by atoms with Crippen molar-refractivity contribution in [2.24, 2.45) is 0 Å². The molecule has 5 heteroatoms. The Morgan fingerprint density at radius 2 is 2.32 bits per heavy atom. The SMILES string of the molecule is CCN(CCC#N)c1c(Cl)cccc1/C=C/C(=O)O. The number of hydrogen-bond acceptors (Lipinski definition) is 3. The van der Waals surface area contributed by atoms with E-state index in [2.05, 4.69) is 6.07 Å². The van der Waals surface area contributed by atoms with Gasteiger partial charge in [0.05, 0.1) is 23.2 Å². The van der Waals surface area contributed by atoms with Crippen LogP contribution in [-0.2, 0) is 4.79 Å². The molecule has 1 aromatic carbocycles. The van der Waals surface area contributed by atoms with Crippen molar-refractivity contribution in [1.29, 1.82) is 5.26 Å². The van der Waals surface area contributed by atoms with Crippen LogP contribution in [-0.4, -0.2) is 24.2 Å². The van der Waals surface area contributed by atoms with Gasteiger partial charge in [0.2, 0.25) is 0 Å². The van der Waals surface area contributed by atoms with Crippen molar-refractivity contribution < 1.29 is 9.90 Å². The van der Waals surface area contributed by atoms with E-state index >= 15 is 0 Å². The van der Waals surface area contributed by atoms with E-state index in [0.717, 1.165) is 17.3 Å². The van der Waals surface area contributed by atoms with Crippen LogP contribution in [0.25, 0.3) is 6.08 Å². The van der Waals surface area contributed by atoms with Crippen LogP contribution in [0.4, 0.5) is 5.69 Å². The summed E-state index contributed by atoms with van der Waals surface area (Å²) in [6.45, 7) is 3.22. The lowest BCUT2D eigenvalue weighted by Crippen LogP contribution is -2.24. The molecule has 1 rings (SSSR count). The quantitative estimate of drug-likeness (QED) is 0.812. The molecule has 0 heterocycles. The molecule has 0 bridgehead atoms. The first-order valence-electron chi connectivity index (χ1n) is 5.91. The second-order valence-electron chi connectivity index (χ2n) is 3.84. The lowest BCUT2D eigenvalue weighted by atomic mass is 10.1. The predicted octanol–water partition coefficient (Wildman–Crippen LogP) is 3.18. The van der Waals surface area contributed by atoms with Gasteiger partial charge >= 0.3 is 5.97 Å². The molecule has 19 heavy (non-hydrogen) atoms. The number of hydrogen-bond donors (Lipinski definition) is 1. The first-order chi connectivity index (χ1) is 9.10. The number of para-hydroxylation sites is 1. The first-order valence-corrected chi connectivity index (χ1v) is 6.29. The third-order valence-electron chi connectivity index (χ3n) is 2.61. The van der Waals surface area contributed by atoms with Crippen LogP contribution >= 0.6 is 11.6 Å². The van der Waals surface area contributed by atoms with Crippen molar-refractivity contribution in [2.45, 2.75) is 13.3 Å². The van der Waals surface area contributed by atoms with Gasteiger partial charge < -0.3 is 10.0 Å². The summed E-state index contributed by atoms with van der Waals surface area (Å²) in [5.41, 5.74) is 1.49. The maximum atomic E-state index is 10.6. The Hall–Kier alpha value is -1.99. The molecule has 0 radical (unpaired) electrons. The highest BCUT2D eigenvalue weighted by Crippen LogP contribution is 2.31. The third kappa shape index (κ3) is 4.31. The largest absolute Gasteiger partial charge is 0.478 e. The van der Waals surface area contributed by atoms with Crippen LogP contribution < -0.4 is 4.90 Å². The number of rotatable bonds is 6. The molecule has 4 nitrogen and oxygen atoms in total. The molecule has 0 aliphatic heterocycles. The van der Waals surface area contributed by atoms with E-state index < -0.39 is 5.97 Å². The second kappa shape index (κ2) is 7.45. The van der Waals surface area contributed by atoms with Crippen molar-refractivity contribution in [1.82, 2.24) is 0 Å². The Morgan fingerprint density at radius 1 is 1.58 bits per heavy atom. The number of carboxylic acids is 1. The topological polar surface area (TPSA) is 64.3 Å². The summed E-state index contributed by atoms with van der Waals surface area (Å²) in [4.78, 5) is 12.6. The molecule has 0 atom stereocenters. The predicted molar refractivity (Wildman–Crippen MR) is 76.2 cm³/mol. The highest BCUT2D eigenvalue weighted by atomic mass is 35.5. The summed E-state index contributed by atoms with van der Waals surface area (Å²) >= 11 is 6.19. The summed E-state index contributed by atoms with van der Waals surface area (Å²) in [6.07, 6.45) is 2.98. The number of anilines is 1. The van der Waals surface area contributed by atoms with E-state index in [4.69, 9.17) is 22.0 Å². The van der Waals surface area contributed by atoms with Gasteiger partial charge in [-0.15, -0.1) is 0 Å². The fourth-order valence-electron chi connectivity index (χ4n) is 1.77. The van der Waals surface area contributed by atoms with E-state index in [1.165, 1.54) is 6.08 Å². The number of carbonyl (C=O) groups is 1. The van der Waals surface area contributed by atoms with Crippen LogP contribution in [0.3, 0.4) is 0 Å². The summed E-state index contributed by atoms with van der Waals surface area (Å²) in [6, 6.07) is 7.42. The van der Waals surface area contributed by atoms with Crippen molar-refractivity contribution in [2.75, 3.05) is 18.0 Å². The van der Waals surface area contributed by atoms with Crippen LogP contribution in [0.1, 0.15) is 18.9 Å². The van der Waals surface area contributed by atoms with Crippen LogP contribution in [0.5, 0.6) is 0 Å². The number of nitrogens with zero attached hydrogens (tertiary/aromatic N) is 2. The average molecular weight is 279 g/mol. The zero-order valence-electron chi connectivity index (χ0n) is 10.6. The van der Waals surface area contributed by atoms with Gasteiger partial charge in [-0.25, -0.2) is 4.79 Å². The van der Waals surface area contributed by atoms with Crippen LogP contribution in [0.2, 0.25) is 5.02 Å². The molecular weight excluding hydrogens is 264 g/mol. The Bertz CT molecular complexity index is 521. The number of nitriles is 1. The summed E-state index contributed by atoms with van der Waals surface area (Å²) in [5.74, 6) is -1.01. The van der Waals surface area contributed by atoms with E-state index in [1.807, 2.05) is 11.8 Å². The third-order valence-corrected chi connectivity index (χ3v) is 2.92. The number of carboxylic acid groups (broad SMARTS) is 1. The van der Waals surface area contributed by atoms with Gasteiger partial charge in [0.15, 0.2) is 0 Å². The van der Waals surface area contributed by atoms with Crippen LogP contribution in [0.15, 0.2) is 24.3 Å². The minimum Gasteiger partial charge on any atom is -0.478 e. The van der Waals surface area contributed by atoms with Gasteiger partial charge in [-0.3, -0.25) is 0 Å². The molecule has 0 fully saturated rings. The van der Waals surface area contributed by atoms with E-state index in [9.17, 15) is 4.79 Å². The summed E-state index contributed by atoms with van der Waals surface area (Å²) < 4.78 is 0. The smallest absolute Gasteiger partial charge is 0.328 e. The summed E-state index contributed by atoms with van der Waals surface area (Å²) in [7, 11) is 0. The fourth-order valence-corrected chi connectivity index (χ4v) is 2.08. The number of aliphatic carboxylic acids is 1.